The SMILES string of the molecule is C[NH2+]C1(c2ccccc2Cl)CCCCC1=O.O=S(=O)([O-])CCCCOCC1OC(O)C(O)C(O)C1O.O=S([O-])CCCCOCC1OC(O)C(O)C(O)C1O.OCC1OC(O)C(O)C(O)C1O.OCC1OC(O)C(O)C(O)C1O.[Na+]. The second-order valence-electron chi connectivity index (χ2n) is 18.7. The summed E-state index contributed by atoms with van der Waals surface area (Å²) >= 11 is 4.16. The number of Topliss-reactive ketones (excluding diaryl/α,β-unsaturated/α-hetero) is 1. The molecule has 1 aromatic rings. The number of unbranched alkanes of at least 4 members (excludes halogenated alkanes) is 2. The van der Waals surface area contributed by atoms with Crippen molar-refractivity contribution in [2.45, 2.75) is 180 Å². The van der Waals surface area contributed by atoms with Gasteiger partial charge in [0.1, 0.15) is 97.7 Å². The molecule has 31 nitrogen and oxygen atoms in total. The number of hydrogen-bond donors (Lipinski definition) is 19. The first kappa shape index (κ1) is 77.2. The minimum atomic E-state index is -4.23. The van der Waals surface area contributed by atoms with Gasteiger partial charge in [0, 0.05) is 43.1 Å². The predicted octanol–water partition coefficient (Wildman–Crippen LogP) is -13.0. The topological polar surface area (TPSA) is 551 Å². The fourth-order valence-corrected chi connectivity index (χ4v) is 9.53. The van der Waals surface area contributed by atoms with E-state index in [1.54, 1.807) is 0 Å². The van der Waals surface area contributed by atoms with Crippen molar-refractivity contribution in [2.24, 2.45) is 0 Å². The van der Waals surface area contributed by atoms with Crippen molar-refractivity contribution in [1.29, 1.82) is 0 Å². The predicted molar refractivity (Wildman–Crippen MR) is 263 cm³/mol. The maximum atomic E-state index is 12.2. The van der Waals surface area contributed by atoms with Crippen molar-refractivity contribution < 1.29 is 182 Å². The Hall–Kier alpha value is -0.800. The van der Waals surface area contributed by atoms with Crippen LogP contribution in [-0.2, 0) is 60.0 Å². The van der Waals surface area contributed by atoms with Crippen molar-refractivity contribution >= 4 is 38.6 Å². The van der Waals surface area contributed by atoms with Gasteiger partial charge in [-0.25, -0.2) is 8.42 Å². The van der Waals surface area contributed by atoms with E-state index in [1.165, 1.54) is 0 Å². The van der Waals surface area contributed by atoms with E-state index in [2.05, 4.69) is 9.47 Å². The number of aliphatic hydroxyl groups excluding tert-OH is 18. The Bertz CT molecular complexity index is 1970. The van der Waals surface area contributed by atoms with E-state index in [0.717, 1.165) is 24.8 Å². The Morgan fingerprint density at radius 2 is 0.988 bits per heavy atom. The van der Waals surface area contributed by atoms with Crippen LogP contribution < -0.4 is 34.9 Å². The van der Waals surface area contributed by atoms with Crippen LogP contribution in [0.5, 0.6) is 0 Å². The summed E-state index contributed by atoms with van der Waals surface area (Å²) < 4.78 is 80.7. The van der Waals surface area contributed by atoms with Crippen molar-refractivity contribution in [1.82, 2.24) is 0 Å². The zero-order valence-corrected chi connectivity index (χ0v) is 48.3. The first-order valence-electron chi connectivity index (χ1n) is 25.0. The van der Waals surface area contributed by atoms with Crippen LogP contribution in [0.4, 0.5) is 0 Å². The molecule has 35 heteroatoms. The van der Waals surface area contributed by atoms with Gasteiger partial charge in [0.05, 0.1) is 48.6 Å². The normalized spacial score (nSPS) is 37.5. The van der Waals surface area contributed by atoms with E-state index in [1.807, 2.05) is 36.6 Å². The van der Waals surface area contributed by atoms with Crippen molar-refractivity contribution in [2.75, 3.05) is 58.2 Å². The molecule has 5 aliphatic rings. The Morgan fingerprint density at radius 1 is 0.613 bits per heavy atom. The number of halogens is 1. The van der Waals surface area contributed by atoms with Gasteiger partial charge >= 0.3 is 29.6 Å². The second-order valence-corrected chi connectivity index (χ2v) is 21.7. The van der Waals surface area contributed by atoms with E-state index in [-0.39, 0.29) is 68.2 Å². The van der Waals surface area contributed by atoms with Crippen LogP contribution in [0.25, 0.3) is 0 Å². The molecule has 1 saturated carbocycles. The van der Waals surface area contributed by atoms with Gasteiger partial charge in [-0.3, -0.25) is 9.00 Å². The van der Waals surface area contributed by atoms with Gasteiger partial charge in [-0.15, -0.1) is 0 Å². The molecule has 1 aromatic carbocycles. The third-order valence-electron chi connectivity index (χ3n) is 13.0. The third-order valence-corrected chi connectivity index (χ3v) is 14.8. The van der Waals surface area contributed by atoms with Gasteiger partial charge in [0.2, 0.25) is 0 Å². The number of carbonyl (C=O) groups excluding carboxylic acids is 1. The number of hydrogen-bond acceptors (Lipinski definition) is 30. The molecule has 0 bridgehead atoms. The summed E-state index contributed by atoms with van der Waals surface area (Å²) in [5, 5.41) is 167. The van der Waals surface area contributed by atoms with Crippen LogP contribution in [0.2, 0.25) is 5.02 Å². The average molecular weight is 1240 g/mol. The molecule has 22 atom stereocenters. The number of rotatable bonds is 18. The zero-order chi connectivity index (χ0) is 59.9. The Kier molecular flexibility index (Phi) is 37.0. The summed E-state index contributed by atoms with van der Waals surface area (Å²) in [6.07, 6.45) is -23.0. The number of benzene rings is 1. The summed E-state index contributed by atoms with van der Waals surface area (Å²) in [4.78, 5) is 12.2. The molecule has 464 valence electrons. The standard InChI is InChI=1S/C13H16ClNO.C10H20O9S.C10H20O8S.2C6H12O6.Na/c1-15-13(9-5-4-8-12(13)16)10-6-2-3-7-11(10)14;11-7-6(19-10(14)9(13)8(7)12)5-18-3-1-2-4-20(15,16)17;11-7-6(18-10(14)9(13)8(7)12)5-17-3-1-2-4-19(15)16;2*7-1-2-3(8)4(9)5(10)6(11)12-2;/h2-3,6-7,15H,4-5,8-9H2,1H3;6-14H,1-5H2,(H,15,16,17);6-14H,1-5H2,(H,15,16);2*2-11H,1H2;/q;;;;;+1/p-1. The Morgan fingerprint density at radius 3 is 1.34 bits per heavy atom. The fraction of sp³-hybridized carbons (Fsp3) is 0.844. The average Bonchev–Trinajstić information content (AvgIpc) is 3.43. The molecule has 6 rings (SSSR count). The molecule has 4 saturated heterocycles. The third kappa shape index (κ3) is 24.2. The molecule has 80 heavy (non-hydrogen) atoms. The number of quaternary nitrogens is 1. The van der Waals surface area contributed by atoms with Crippen LogP contribution in [0, 0.1) is 0 Å². The molecule has 0 radical (unpaired) electrons. The van der Waals surface area contributed by atoms with Gasteiger partial charge in [-0.1, -0.05) is 40.9 Å². The summed E-state index contributed by atoms with van der Waals surface area (Å²) in [6.45, 7) is -0.853. The van der Waals surface area contributed by atoms with E-state index in [4.69, 9.17) is 81.6 Å². The summed E-state index contributed by atoms with van der Waals surface area (Å²) in [6, 6.07) is 7.70. The van der Waals surface area contributed by atoms with Gasteiger partial charge in [-0.2, -0.15) is 0 Å². The molecule has 20 N–H and O–H groups in total. The van der Waals surface area contributed by atoms with E-state index >= 15 is 0 Å². The van der Waals surface area contributed by atoms with Gasteiger partial charge < -0.3 is 135 Å². The largest absolute Gasteiger partial charge is 1.00 e. The van der Waals surface area contributed by atoms with Crippen LogP contribution in [0.15, 0.2) is 24.3 Å². The van der Waals surface area contributed by atoms with Crippen LogP contribution >= 0.6 is 11.6 Å². The maximum absolute atomic E-state index is 12.2. The summed E-state index contributed by atoms with van der Waals surface area (Å²) in [5.74, 6) is -0.0905. The maximum Gasteiger partial charge on any atom is 1.00 e. The van der Waals surface area contributed by atoms with Crippen LogP contribution in [0.3, 0.4) is 0 Å². The smallest absolute Gasteiger partial charge is 0.772 e. The molecule has 5 fully saturated rings. The number of carbonyl (C=O) groups is 1. The second kappa shape index (κ2) is 38.4. The minimum absolute atomic E-state index is 0. The summed E-state index contributed by atoms with van der Waals surface area (Å²) in [5.41, 5.74) is 0.542. The number of ketones is 1. The van der Waals surface area contributed by atoms with Crippen molar-refractivity contribution in [3.8, 4) is 0 Å². The molecule has 4 aliphatic heterocycles. The molecular formula is C45H79ClNNaO30S2. The monoisotopic (exact) mass is 1240 g/mol. The minimum Gasteiger partial charge on any atom is -0.772 e. The van der Waals surface area contributed by atoms with Crippen LogP contribution in [-0.4, -0.2) is 300 Å². The van der Waals surface area contributed by atoms with Crippen molar-refractivity contribution in [3.05, 3.63) is 34.9 Å². The molecule has 22 unspecified atom stereocenters. The Balaban J connectivity index is 0.000000505. The fourth-order valence-electron chi connectivity index (χ4n) is 8.23. The van der Waals surface area contributed by atoms with Gasteiger partial charge in [0.25, 0.3) is 0 Å². The van der Waals surface area contributed by atoms with Gasteiger partial charge in [0.15, 0.2) is 36.5 Å². The molecular weight excluding hydrogens is 1160 g/mol. The van der Waals surface area contributed by atoms with Crippen molar-refractivity contribution in [3.63, 3.8) is 0 Å². The molecule has 0 aromatic heterocycles. The molecule has 0 spiro atoms. The molecule has 4 heterocycles. The van der Waals surface area contributed by atoms with E-state index in [0.29, 0.717) is 36.5 Å². The van der Waals surface area contributed by atoms with E-state index in [9.17, 15) is 67.4 Å². The number of aliphatic hydroxyl groups is 18. The first-order valence-corrected chi connectivity index (χ1v) is 28.2. The Labute approximate surface area is 490 Å². The zero-order valence-electron chi connectivity index (χ0n) is 43.9. The van der Waals surface area contributed by atoms with E-state index < -0.39 is 169 Å². The molecule has 0 amide bonds. The quantitative estimate of drug-likeness (QED) is 0.0281. The first-order chi connectivity index (χ1) is 37.0. The van der Waals surface area contributed by atoms with Gasteiger partial charge in [-0.05, 0) is 44.6 Å². The number of likely N-dealkylation sites (N-methyl/N-ethyl adjacent to an activating group) is 1. The number of nitrogens with two attached hydrogens (primary N) is 1. The van der Waals surface area contributed by atoms with Crippen LogP contribution in [0.1, 0.15) is 56.9 Å². The number of ether oxygens (including phenoxy) is 6. The summed E-state index contributed by atoms with van der Waals surface area (Å²) in [7, 11) is -2.26. The molecule has 1 aliphatic carbocycles.